The Morgan fingerprint density at radius 2 is 1.88 bits per heavy atom. The highest BCUT2D eigenvalue weighted by molar-refractivity contribution is 6.31. The molecule has 26 heavy (non-hydrogen) atoms. The molecule has 1 saturated heterocycles. The summed E-state index contributed by atoms with van der Waals surface area (Å²) >= 11 is 6.15. The first kappa shape index (κ1) is 18.3. The van der Waals surface area contributed by atoms with Crippen LogP contribution in [-0.4, -0.2) is 35.0 Å². The maximum absolute atomic E-state index is 12.9. The van der Waals surface area contributed by atoms with Gasteiger partial charge in [0.25, 0.3) is 5.91 Å². The minimum absolute atomic E-state index is 0.194. The summed E-state index contributed by atoms with van der Waals surface area (Å²) < 4.78 is 5.84. The number of ether oxygens (including phenoxy) is 1. The smallest absolute Gasteiger partial charge is 0.311 e. The first-order valence-electron chi connectivity index (χ1n) is 8.39. The molecule has 136 valence electrons. The van der Waals surface area contributed by atoms with Gasteiger partial charge in [-0.2, -0.15) is 0 Å². The van der Waals surface area contributed by atoms with Crippen molar-refractivity contribution in [3.8, 4) is 5.75 Å². The van der Waals surface area contributed by atoms with Gasteiger partial charge in [0.15, 0.2) is 0 Å². The van der Waals surface area contributed by atoms with Crippen LogP contribution in [0.2, 0.25) is 5.02 Å². The summed E-state index contributed by atoms with van der Waals surface area (Å²) in [4.78, 5) is 25.9. The number of rotatable bonds is 5. The van der Waals surface area contributed by atoms with Gasteiger partial charge < -0.3 is 14.7 Å². The third-order valence-corrected chi connectivity index (χ3v) is 5.10. The second-order valence-corrected chi connectivity index (χ2v) is 7.13. The van der Waals surface area contributed by atoms with Crippen molar-refractivity contribution in [3.05, 3.63) is 64.7 Å². The average molecular weight is 374 g/mol. The summed E-state index contributed by atoms with van der Waals surface area (Å²) in [5.74, 6) is -0.637. The van der Waals surface area contributed by atoms with Crippen molar-refractivity contribution in [3.63, 3.8) is 0 Å². The van der Waals surface area contributed by atoms with Crippen molar-refractivity contribution in [2.24, 2.45) is 5.41 Å². The second kappa shape index (κ2) is 7.38. The number of carbonyl (C=O) groups is 2. The van der Waals surface area contributed by atoms with Crippen LogP contribution < -0.4 is 4.74 Å². The Morgan fingerprint density at radius 3 is 2.58 bits per heavy atom. The molecule has 6 heteroatoms. The average Bonchev–Trinajstić information content (AvgIpc) is 3.04. The third kappa shape index (κ3) is 3.68. The molecule has 1 aliphatic heterocycles. The molecule has 1 N–H and O–H groups in total. The number of carboxylic acids is 1. The van der Waals surface area contributed by atoms with E-state index < -0.39 is 11.4 Å². The number of carbonyl (C=O) groups excluding carboxylic acids is 1. The van der Waals surface area contributed by atoms with Crippen LogP contribution >= 0.6 is 11.6 Å². The summed E-state index contributed by atoms with van der Waals surface area (Å²) in [6, 6.07) is 14.4. The van der Waals surface area contributed by atoms with Crippen molar-refractivity contribution >= 4 is 23.5 Å². The Morgan fingerprint density at radius 1 is 1.19 bits per heavy atom. The normalized spacial score (nSPS) is 19.4. The molecule has 1 fully saturated rings. The molecule has 3 rings (SSSR count). The summed E-state index contributed by atoms with van der Waals surface area (Å²) in [7, 11) is 0. The quantitative estimate of drug-likeness (QED) is 0.864. The molecule has 0 bridgehead atoms. The lowest BCUT2D eigenvalue weighted by atomic mass is 9.90. The maximum Gasteiger partial charge on any atom is 0.311 e. The van der Waals surface area contributed by atoms with E-state index in [1.807, 2.05) is 18.2 Å². The maximum atomic E-state index is 12.9. The van der Waals surface area contributed by atoms with Gasteiger partial charge in [-0.25, -0.2) is 0 Å². The minimum atomic E-state index is -0.900. The number of halogens is 1. The zero-order chi connectivity index (χ0) is 18.7. The number of para-hydroxylation sites is 1. The van der Waals surface area contributed by atoms with Gasteiger partial charge in [0.1, 0.15) is 12.4 Å². The van der Waals surface area contributed by atoms with Crippen molar-refractivity contribution in [2.45, 2.75) is 20.0 Å². The topological polar surface area (TPSA) is 66.8 Å². The van der Waals surface area contributed by atoms with E-state index in [9.17, 15) is 14.7 Å². The highest BCUT2D eigenvalue weighted by Crippen LogP contribution is 2.32. The Balaban J connectivity index is 1.76. The van der Waals surface area contributed by atoms with Gasteiger partial charge in [0.2, 0.25) is 0 Å². The van der Waals surface area contributed by atoms with Crippen LogP contribution in [0.1, 0.15) is 29.3 Å². The molecule has 0 spiro atoms. The van der Waals surface area contributed by atoms with Gasteiger partial charge in [-0.05, 0) is 31.5 Å². The molecule has 5 nitrogen and oxygen atoms in total. The highest BCUT2D eigenvalue weighted by atomic mass is 35.5. The molecule has 0 saturated carbocycles. The van der Waals surface area contributed by atoms with Gasteiger partial charge >= 0.3 is 5.97 Å². The molecular formula is C20H20ClNO4. The van der Waals surface area contributed by atoms with Gasteiger partial charge in [-0.1, -0.05) is 41.9 Å². The first-order valence-corrected chi connectivity index (χ1v) is 8.76. The molecular weight excluding hydrogens is 354 g/mol. The van der Waals surface area contributed by atoms with Gasteiger partial charge in [0, 0.05) is 23.7 Å². The van der Waals surface area contributed by atoms with Crippen LogP contribution in [0, 0.1) is 5.41 Å². The zero-order valence-electron chi connectivity index (χ0n) is 14.4. The number of nitrogens with zero attached hydrogens (tertiary/aromatic N) is 1. The van der Waals surface area contributed by atoms with E-state index in [1.54, 1.807) is 42.2 Å². The Labute approximate surface area is 157 Å². The largest absolute Gasteiger partial charge is 0.488 e. The number of carboxylic acid groups (broad SMARTS) is 1. The van der Waals surface area contributed by atoms with Crippen LogP contribution in [0.25, 0.3) is 0 Å². The van der Waals surface area contributed by atoms with Crippen molar-refractivity contribution in [1.29, 1.82) is 0 Å². The van der Waals surface area contributed by atoms with Gasteiger partial charge in [0.05, 0.1) is 11.0 Å². The molecule has 1 amide bonds. The van der Waals surface area contributed by atoms with Crippen molar-refractivity contribution < 1.29 is 19.4 Å². The van der Waals surface area contributed by atoms with Gasteiger partial charge in [-0.15, -0.1) is 0 Å². The molecule has 1 aliphatic rings. The van der Waals surface area contributed by atoms with Crippen molar-refractivity contribution in [1.82, 2.24) is 4.90 Å². The molecule has 2 aromatic rings. The second-order valence-electron chi connectivity index (χ2n) is 6.72. The third-order valence-electron chi connectivity index (χ3n) is 4.74. The molecule has 2 aromatic carbocycles. The van der Waals surface area contributed by atoms with Crippen LogP contribution in [0.15, 0.2) is 48.5 Å². The predicted molar refractivity (Wildman–Crippen MR) is 98.5 cm³/mol. The Kier molecular flexibility index (Phi) is 5.18. The number of hydrogen-bond donors (Lipinski definition) is 1. The molecule has 0 aliphatic carbocycles. The first-order chi connectivity index (χ1) is 12.4. The van der Waals surface area contributed by atoms with Crippen molar-refractivity contribution in [2.75, 3.05) is 13.1 Å². The summed E-state index contributed by atoms with van der Waals surface area (Å²) in [5, 5.41) is 9.96. The molecule has 1 heterocycles. The fraction of sp³-hybridized carbons (Fsp3) is 0.300. The van der Waals surface area contributed by atoms with Crippen LogP contribution in [0.4, 0.5) is 0 Å². The lowest BCUT2D eigenvalue weighted by Crippen LogP contribution is -2.35. The number of amides is 1. The summed E-state index contributed by atoms with van der Waals surface area (Å²) in [6.07, 6.45) is 0.441. The Hall–Kier alpha value is -2.53. The molecule has 0 radical (unpaired) electrons. The minimum Gasteiger partial charge on any atom is -0.488 e. The van der Waals surface area contributed by atoms with Crippen LogP contribution in [-0.2, 0) is 11.4 Å². The predicted octanol–water partition coefficient (Wildman–Crippen LogP) is 3.86. The zero-order valence-corrected chi connectivity index (χ0v) is 15.2. The highest BCUT2D eigenvalue weighted by Gasteiger charge is 2.42. The summed E-state index contributed by atoms with van der Waals surface area (Å²) in [6.45, 7) is 2.53. The SMILES string of the molecule is CC1(C(=O)O)CCN(C(=O)c2ccccc2OCc2ccccc2Cl)C1. The monoisotopic (exact) mass is 373 g/mol. The van der Waals surface area contributed by atoms with E-state index in [0.29, 0.717) is 29.3 Å². The van der Waals surface area contributed by atoms with E-state index in [1.165, 1.54) is 0 Å². The number of hydrogen-bond acceptors (Lipinski definition) is 3. The van der Waals surface area contributed by atoms with E-state index in [0.717, 1.165) is 5.56 Å². The van der Waals surface area contributed by atoms with E-state index in [2.05, 4.69) is 0 Å². The lowest BCUT2D eigenvalue weighted by molar-refractivity contribution is -0.147. The fourth-order valence-electron chi connectivity index (χ4n) is 3.02. The van der Waals surface area contributed by atoms with E-state index in [4.69, 9.17) is 16.3 Å². The molecule has 0 aromatic heterocycles. The molecule has 1 atom stereocenters. The van der Waals surface area contributed by atoms with E-state index in [-0.39, 0.29) is 19.1 Å². The Bertz CT molecular complexity index is 838. The van der Waals surface area contributed by atoms with Crippen LogP contribution in [0.5, 0.6) is 5.75 Å². The standard InChI is InChI=1S/C20H20ClNO4/c1-20(19(24)25)10-11-22(13-20)18(23)15-7-3-5-9-17(15)26-12-14-6-2-4-8-16(14)21/h2-9H,10-13H2,1H3,(H,24,25). The number of likely N-dealkylation sites (tertiary alicyclic amines) is 1. The number of benzene rings is 2. The van der Waals surface area contributed by atoms with E-state index >= 15 is 0 Å². The fourth-order valence-corrected chi connectivity index (χ4v) is 3.21. The number of aliphatic carboxylic acids is 1. The van der Waals surface area contributed by atoms with Crippen LogP contribution in [0.3, 0.4) is 0 Å². The summed E-state index contributed by atoms with van der Waals surface area (Å²) in [5.41, 5.74) is 0.355. The molecule has 1 unspecified atom stereocenters. The lowest BCUT2D eigenvalue weighted by Gasteiger charge is -2.21. The van der Waals surface area contributed by atoms with Gasteiger partial charge in [-0.3, -0.25) is 9.59 Å².